The molecule has 7 nitrogen and oxygen atoms in total. The minimum Gasteiger partial charge on any atom is -0.466 e. The van der Waals surface area contributed by atoms with Gasteiger partial charge in [-0.15, -0.1) is 0 Å². The molecule has 1 saturated heterocycles. The van der Waals surface area contributed by atoms with Crippen LogP contribution in [0.1, 0.15) is 44.0 Å². The van der Waals surface area contributed by atoms with Crippen molar-refractivity contribution in [2.75, 3.05) is 19.7 Å². The van der Waals surface area contributed by atoms with Crippen LogP contribution in [0.2, 0.25) is 0 Å². The molecular weight excluding hydrogens is 399 g/mol. The van der Waals surface area contributed by atoms with Crippen LogP contribution in [-0.2, 0) is 28.0 Å². The standard InChI is InChI=1S/C23H29FN4O3/c1-3-30-22(29)23(9-4-11-28(16-23)15-21-25-10-12-27(21)2)14-19-13-20(26-31-19)17-5-7-18(24)8-6-17/h5-8,10,12,19H,3-4,9,11,13-16H2,1-2H3. The van der Waals surface area contributed by atoms with Gasteiger partial charge in [-0.3, -0.25) is 9.69 Å². The molecule has 2 atom stereocenters. The van der Waals surface area contributed by atoms with E-state index < -0.39 is 5.41 Å². The number of aryl methyl sites for hydroxylation is 1. The third-order valence-electron chi connectivity index (χ3n) is 6.18. The Morgan fingerprint density at radius 2 is 2.16 bits per heavy atom. The van der Waals surface area contributed by atoms with E-state index in [1.807, 2.05) is 24.7 Å². The van der Waals surface area contributed by atoms with E-state index in [1.165, 1.54) is 12.1 Å². The number of nitrogens with zero attached hydrogens (tertiary/aromatic N) is 4. The Bertz CT molecular complexity index is 943. The molecule has 31 heavy (non-hydrogen) atoms. The molecule has 0 spiro atoms. The van der Waals surface area contributed by atoms with Crippen LogP contribution in [0, 0.1) is 11.2 Å². The molecule has 4 rings (SSSR count). The van der Waals surface area contributed by atoms with Gasteiger partial charge >= 0.3 is 5.97 Å². The topological polar surface area (TPSA) is 69.0 Å². The van der Waals surface area contributed by atoms with Crippen molar-refractivity contribution in [2.24, 2.45) is 17.6 Å². The number of esters is 1. The van der Waals surface area contributed by atoms with Crippen molar-refractivity contribution in [3.63, 3.8) is 0 Å². The first kappa shape index (κ1) is 21.5. The zero-order valence-corrected chi connectivity index (χ0v) is 18.1. The average Bonchev–Trinajstić information content (AvgIpc) is 3.38. The van der Waals surface area contributed by atoms with E-state index in [9.17, 15) is 9.18 Å². The maximum atomic E-state index is 13.2. The van der Waals surface area contributed by atoms with Crippen molar-refractivity contribution in [3.05, 3.63) is 53.9 Å². The second kappa shape index (κ2) is 9.18. The van der Waals surface area contributed by atoms with Crippen molar-refractivity contribution in [1.29, 1.82) is 0 Å². The third kappa shape index (κ3) is 4.79. The Labute approximate surface area is 181 Å². The smallest absolute Gasteiger partial charge is 0.313 e. The van der Waals surface area contributed by atoms with Crippen LogP contribution in [0.4, 0.5) is 4.39 Å². The largest absolute Gasteiger partial charge is 0.466 e. The molecule has 1 fully saturated rings. The van der Waals surface area contributed by atoms with Gasteiger partial charge in [0, 0.05) is 38.8 Å². The summed E-state index contributed by atoms with van der Waals surface area (Å²) in [5.74, 6) is 0.521. The monoisotopic (exact) mass is 428 g/mol. The average molecular weight is 429 g/mol. The number of halogens is 1. The van der Waals surface area contributed by atoms with Crippen molar-refractivity contribution in [3.8, 4) is 0 Å². The summed E-state index contributed by atoms with van der Waals surface area (Å²) in [5.41, 5.74) is 0.983. The predicted octanol–water partition coefficient (Wildman–Crippen LogP) is 3.29. The van der Waals surface area contributed by atoms with Crippen molar-refractivity contribution in [2.45, 2.75) is 45.3 Å². The molecule has 0 bridgehead atoms. The molecule has 0 amide bonds. The molecule has 0 saturated carbocycles. The molecule has 3 heterocycles. The van der Waals surface area contributed by atoms with Gasteiger partial charge in [0.2, 0.25) is 0 Å². The molecule has 0 aliphatic carbocycles. The molecule has 8 heteroatoms. The molecule has 2 unspecified atom stereocenters. The SMILES string of the molecule is CCOC(=O)C1(CC2CC(c3ccc(F)cc3)=NO2)CCCN(Cc2nccn2C)C1. The maximum absolute atomic E-state index is 13.2. The summed E-state index contributed by atoms with van der Waals surface area (Å²) < 4.78 is 20.7. The molecule has 0 N–H and O–H groups in total. The van der Waals surface area contributed by atoms with Gasteiger partial charge in [0.15, 0.2) is 0 Å². The quantitative estimate of drug-likeness (QED) is 0.633. The summed E-state index contributed by atoms with van der Waals surface area (Å²) in [5, 5.41) is 4.23. The zero-order valence-electron chi connectivity index (χ0n) is 18.1. The molecule has 2 aromatic rings. The summed E-state index contributed by atoms with van der Waals surface area (Å²) >= 11 is 0. The number of aromatic nitrogens is 2. The van der Waals surface area contributed by atoms with Gasteiger partial charge in [-0.25, -0.2) is 9.37 Å². The third-order valence-corrected chi connectivity index (χ3v) is 6.18. The van der Waals surface area contributed by atoms with Crippen LogP contribution >= 0.6 is 0 Å². The Morgan fingerprint density at radius 1 is 1.35 bits per heavy atom. The highest BCUT2D eigenvalue weighted by Crippen LogP contribution is 2.39. The zero-order chi connectivity index (χ0) is 21.8. The van der Waals surface area contributed by atoms with Crippen LogP contribution in [0.3, 0.4) is 0 Å². The Hall–Kier alpha value is -2.74. The highest BCUT2D eigenvalue weighted by molar-refractivity contribution is 6.01. The highest BCUT2D eigenvalue weighted by atomic mass is 19.1. The Balaban J connectivity index is 1.47. The number of hydrogen-bond donors (Lipinski definition) is 0. The molecule has 1 aromatic heterocycles. The van der Waals surface area contributed by atoms with E-state index in [-0.39, 0.29) is 17.9 Å². The van der Waals surface area contributed by atoms with E-state index in [0.29, 0.717) is 32.5 Å². The fourth-order valence-corrected chi connectivity index (χ4v) is 4.60. The van der Waals surface area contributed by atoms with Gasteiger partial charge in [0.05, 0.1) is 24.3 Å². The fraction of sp³-hybridized carbons (Fsp3) is 0.522. The molecule has 0 radical (unpaired) electrons. The van der Waals surface area contributed by atoms with Crippen LogP contribution in [-0.4, -0.2) is 51.9 Å². The normalized spacial score (nSPS) is 24.0. The van der Waals surface area contributed by atoms with Gasteiger partial charge in [0.25, 0.3) is 0 Å². The fourth-order valence-electron chi connectivity index (χ4n) is 4.60. The van der Waals surface area contributed by atoms with E-state index in [0.717, 1.165) is 36.5 Å². The molecular formula is C23H29FN4O3. The summed E-state index contributed by atoms with van der Waals surface area (Å²) in [6.07, 6.45) is 6.30. The van der Waals surface area contributed by atoms with E-state index in [2.05, 4.69) is 15.0 Å². The number of imidazole rings is 1. The molecule has 166 valence electrons. The Kier molecular flexibility index (Phi) is 6.36. The maximum Gasteiger partial charge on any atom is 0.313 e. The van der Waals surface area contributed by atoms with E-state index in [4.69, 9.17) is 9.57 Å². The van der Waals surface area contributed by atoms with Crippen molar-refractivity contribution >= 4 is 11.7 Å². The number of hydrogen-bond acceptors (Lipinski definition) is 6. The molecule has 2 aliphatic rings. The summed E-state index contributed by atoms with van der Waals surface area (Å²) in [4.78, 5) is 25.5. The first-order valence-electron chi connectivity index (χ1n) is 10.8. The number of rotatable bonds is 7. The molecule has 1 aromatic carbocycles. The highest BCUT2D eigenvalue weighted by Gasteiger charge is 2.46. The second-order valence-electron chi connectivity index (χ2n) is 8.45. The van der Waals surface area contributed by atoms with Crippen LogP contribution < -0.4 is 0 Å². The van der Waals surface area contributed by atoms with E-state index >= 15 is 0 Å². The summed E-state index contributed by atoms with van der Waals surface area (Å²) in [6, 6.07) is 6.25. The molecule has 2 aliphatic heterocycles. The van der Waals surface area contributed by atoms with E-state index in [1.54, 1.807) is 18.3 Å². The van der Waals surface area contributed by atoms with Crippen molar-refractivity contribution in [1.82, 2.24) is 14.5 Å². The lowest BCUT2D eigenvalue weighted by Crippen LogP contribution is -2.50. The van der Waals surface area contributed by atoms with Crippen LogP contribution in [0.25, 0.3) is 0 Å². The number of oxime groups is 1. The summed E-state index contributed by atoms with van der Waals surface area (Å²) in [6.45, 7) is 4.39. The minimum absolute atomic E-state index is 0.168. The Morgan fingerprint density at radius 3 is 2.87 bits per heavy atom. The van der Waals surface area contributed by atoms with Crippen LogP contribution in [0.15, 0.2) is 41.8 Å². The lowest BCUT2D eigenvalue weighted by molar-refractivity contribution is -0.162. The lowest BCUT2D eigenvalue weighted by atomic mass is 9.74. The first-order valence-corrected chi connectivity index (χ1v) is 10.8. The lowest BCUT2D eigenvalue weighted by Gasteiger charge is -2.41. The first-order chi connectivity index (χ1) is 15.0. The number of carbonyl (C=O) groups is 1. The number of likely N-dealkylation sites (tertiary alicyclic amines) is 1. The van der Waals surface area contributed by atoms with Gasteiger partial charge in [0.1, 0.15) is 17.7 Å². The number of carbonyl (C=O) groups excluding carboxylic acids is 1. The van der Waals surface area contributed by atoms with Gasteiger partial charge in [-0.1, -0.05) is 17.3 Å². The van der Waals surface area contributed by atoms with Gasteiger partial charge in [-0.2, -0.15) is 0 Å². The van der Waals surface area contributed by atoms with Gasteiger partial charge in [-0.05, 0) is 44.0 Å². The number of piperidine rings is 1. The van der Waals surface area contributed by atoms with Crippen LogP contribution in [0.5, 0.6) is 0 Å². The second-order valence-corrected chi connectivity index (χ2v) is 8.45. The summed E-state index contributed by atoms with van der Waals surface area (Å²) in [7, 11) is 1.98. The van der Waals surface area contributed by atoms with Crippen molar-refractivity contribution < 1.29 is 18.8 Å². The minimum atomic E-state index is -0.641. The number of benzene rings is 1. The predicted molar refractivity (Wildman–Crippen MR) is 114 cm³/mol. The van der Waals surface area contributed by atoms with Gasteiger partial charge < -0.3 is 14.1 Å². The number of ether oxygens (including phenoxy) is 1.